The third-order valence-electron chi connectivity index (χ3n) is 7.74. The van der Waals surface area contributed by atoms with Crippen molar-refractivity contribution in [2.45, 2.75) is 38.5 Å². The van der Waals surface area contributed by atoms with Crippen LogP contribution < -0.4 is 28.4 Å². The minimum absolute atomic E-state index is 0.0709. The van der Waals surface area contributed by atoms with E-state index >= 15 is 0 Å². The molecule has 2 atom stereocenters. The molecule has 2 aliphatic heterocycles. The molecular formula is C36H36O10. The van der Waals surface area contributed by atoms with Crippen LogP contribution in [0.1, 0.15) is 60.8 Å². The van der Waals surface area contributed by atoms with Gasteiger partial charge >= 0.3 is 11.9 Å². The summed E-state index contributed by atoms with van der Waals surface area (Å²) in [4.78, 5) is 23.9. The molecule has 0 aliphatic carbocycles. The summed E-state index contributed by atoms with van der Waals surface area (Å²) in [5, 5.41) is 19.5. The van der Waals surface area contributed by atoms with Gasteiger partial charge in [0.05, 0.1) is 40.3 Å². The van der Waals surface area contributed by atoms with Gasteiger partial charge in [0, 0.05) is 35.1 Å². The first-order valence-electron chi connectivity index (χ1n) is 14.9. The molecule has 4 aromatic carbocycles. The standard InChI is InChI=1S/2C18H18O5/c2*1-3-22-12-5-6-13-14(10-18(20)23-16(13)9-12)11-4-7-15(19)17(8-11)21-2/h2*4-9,14,19H,3,10H2,1-2H3/t2*14-/m10/s1. The first-order chi connectivity index (χ1) is 22.2. The number of carbonyl (C=O) groups excluding carboxylic acids is 2. The Morgan fingerprint density at radius 1 is 0.630 bits per heavy atom. The van der Waals surface area contributed by atoms with Gasteiger partial charge in [-0.15, -0.1) is 0 Å². The molecule has 0 amide bonds. The van der Waals surface area contributed by atoms with E-state index in [1.54, 1.807) is 48.5 Å². The molecule has 6 rings (SSSR count). The fourth-order valence-corrected chi connectivity index (χ4v) is 5.59. The fourth-order valence-electron chi connectivity index (χ4n) is 5.59. The predicted molar refractivity (Wildman–Crippen MR) is 169 cm³/mol. The largest absolute Gasteiger partial charge is 0.504 e. The van der Waals surface area contributed by atoms with Gasteiger partial charge in [-0.05, 0) is 61.4 Å². The second-order valence-electron chi connectivity index (χ2n) is 10.6. The van der Waals surface area contributed by atoms with E-state index in [0.29, 0.717) is 47.7 Å². The molecule has 0 fully saturated rings. The summed E-state index contributed by atoms with van der Waals surface area (Å²) >= 11 is 0. The van der Waals surface area contributed by atoms with E-state index in [2.05, 4.69) is 0 Å². The first kappa shape index (κ1) is 32.0. The lowest BCUT2D eigenvalue weighted by atomic mass is 9.86. The number of phenols is 2. The summed E-state index contributed by atoms with van der Waals surface area (Å²) in [6, 6.07) is 21.3. The average Bonchev–Trinajstić information content (AvgIpc) is 3.05. The molecule has 0 saturated carbocycles. The van der Waals surface area contributed by atoms with Crippen LogP contribution in [-0.4, -0.2) is 49.6 Å². The topological polar surface area (TPSA) is 130 Å². The van der Waals surface area contributed by atoms with Crippen LogP contribution in [0.4, 0.5) is 0 Å². The lowest BCUT2D eigenvalue weighted by Crippen LogP contribution is -2.21. The van der Waals surface area contributed by atoms with E-state index in [-0.39, 0.29) is 48.1 Å². The highest BCUT2D eigenvalue weighted by molar-refractivity contribution is 5.79. The zero-order valence-corrected chi connectivity index (χ0v) is 26.1. The maximum absolute atomic E-state index is 12.0. The van der Waals surface area contributed by atoms with Crippen LogP contribution in [0.2, 0.25) is 0 Å². The number of ether oxygens (including phenoxy) is 6. The molecular weight excluding hydrogens is 592 g/mol. The van der Waals surface area contributed by atoms with Crippen molar-refractivity contribution < 1.29 is 48.2 Å². The molecule has 0 unspecified atom stereocenters. The lowest BCUT2D eigenvalue weighted by molar-refractivity contribution is -0.136. The Morgan fingerprint density at radius 3 is 1.41 bits per heavy atom. The first-order valence-corrected chi connectivity index (χ1v) is 14.9. The van der Waals surface area contributed by atoms with Crippen LogP contribution in [0.25, 0.3) is 0 Å². The summed E-state index contributed by atoms with van der Waals surface area (Å²) in [5.41, 5.74) is 3.62. The zero-order chi connectivity index (χ0) is 32.8. The number of fused-ring (bicyclic) bond motifs is 2. The maximum Gasteiger partial charge on any atom is 0.312 e. The van der Waals surface area contributed by atoms with E-state index in [1.807, 2.05) is 38.1 Å². The van der Waals surface area contributed by atoms with Gasteiger partial charge in [0.1, 0.15) is 23.0 Å². The van der Waals surface area contributed by atoms with Crippen LogP contribution >= 0.6 is 0 Å². The molecule has 0 bridgehead atoms. The van der Waals surface area contributed by atoms with Gasteiger partial charge in [0.15, 0.2) is 23.0 Å². The van der Waals surface area contributed by atoms with Crippen LogP contribution in [-0.2, 0) is 9.59 Å². The number of phenolic OH excluding ortho intramolecular Hbond substituents is 2. The molecule has 2 N–H and O–H groups in total. The lowest BCUT2D eigenvalue weighted by Gasteiger charge is -2.25. The highest BCUT2D eigenvalue weighted by Gasteiger charge is 2.30. The van der Waals surface area contributed by atoms with Gasteiger partial charge in [-0.25, -0.2) is 0 Å². The number of hydrogen-bond acceptors (Lipinski definition) is 10. The molecule has 0 spiro atoms. The quantitative estimate of drug-likeness (QED) is 0.165. The van der Waals surface area contributed by atoms with Crippen molar-refractivity contribution in [1.29, 1.82) is 0 Å². The SMILES string of the molecule is CCOc1ccc2c(c1)OC(=O)C[C@@H]2c1ccc(O)c(OC)c1.CCOc1ccc2c(c1)OC(=O)C[C@H]2c1ccc(O)c(OC)c1. The van der Waals surface area contributed by atoms with Crippen molar-refractivity contribution in [3.8, 4) is 46.0 Å². The molecule has 4 aromatic rings. The van der Waals surface area contributed by atoms with E-state index in [0.717, 1.165) is 22.3 Å². The van der Waals surface area contributed by atoms with E-state index in [9.17, 15) is 19.8 Å². The van der Waals surface area contributed by atoms with E-state index in [4.69, 9.17) is 28.4 Å². The Balaban J connectivity index is 0.000000181. The number of carbonyl (C=O) groups is 2. The van der Waals surface area contributed by atoms with E-state index < -0.39 is 0 Å². The highest BCUT2D eigenvalue weighted by Crippen LogP contribution is 2.43. The van der Waals surface area contributed by atoms with Crippen molar-refractivity contribution in [3.05, 3.63) is 95.1 Å². The molecule has 46 heavy (non-hydrogen) atoms. The van der Waals surface area contributed by atoms with Crippen LogP contribution in [0.3, 0.4) is 0 Å². The Bertz CT molecular complexity index is 1600. The van der Waals surface area contributed by atoms with Gasteiger partial charge < -0.3 is 38.6 Å². The summed E-state index contributed by atoms with van der Waals surface area (Å²) in [6.07, 6.45) is 0.490. The Morgan fingerprint density at radius 2 is 1.04 bits per heavy atom. The Labute approximate surface area is 267 Å². The van der Waals surface area contributed by atoms with Crippen molar-refractivity contribution in [1.82, 2.24) is 0 Å². The van der Waals surface area contributed by atoms with Gasteiger partial charge in [0.2, 0.25) is 0 Å². The minimum Gasteiger partial charge on any atom is -0.504 e. The minimum atomic E-state index is -0.289. The van der Waals surface area contributed by atoms with Crippen LogP contribution in [0.5, 0.6) is 46.0 Å². The summed E-state index contributed by atoms with van der Waals surface area (Å²) in [7, 11) is 2.99. The summed E-state index contributed by atoms with van der Waals surface area (Å²) in [5.74, 6) is 2.42. The molecule has 0 aromatic heterocycles. The third-order valence-corrected chi connectivity index (χ3v) is 7.74. The molecule has 2 aliphatic rings. The number of methoxy groups -OCH3 is 2. The van der Waals surface area contributed by atoms with Crippen molar-refractivity contribution >= 4 is 11.9 Å². The zero-order valence-electron chi connectivity index (χ0n) is 26.1. The van der Waals surface area contributed by atoms with E-state index in [1.165, 1.54) is 14.2 Å². The molecule has 0 saturated heterocycles. The maximum atomic E-state index is 12.0. The normalized spacial score (nSPS) is 16.4. The molecule has 10 heteroatoms. The van der Waals surface area contributed by atoms with Crippen molar-refractivity contribution in [3.63, 3.8) is 0 Å². The summed E-state index contributed by atoms with van der Waals surface area (Å²) in [6.45, 7) is 4.89. The second-order valence-corrected chi connectivity index (χ2v) is 10.6. The number of rotatable bonds is 8. The highest BCUT2D eigenvalue weighted by atomic mass is 16.5. The van der Waals surface area contributed by atoms with Gasteiger partial charge in [0.25, 0.3) is 0 Å². The Kier molecular flexibility index (Phi) is 9.85. The van der Waals surface area contributed by atoms with Gasteiger partial charge in [-0.2, -0.15) is 0 Å². The third kappa shape index (κ3) is 6.96. The predicted octanol–water partition coefficient (Wildman–Crippen LogP) is 6.48. The number of aromatic hydroxyl groups is 2. The van der Waals surface area contributed by atoms with Gasteiger partial charge in [-0.3, -0.25) is 9.59 Å². The smallest absolute Gasteiger partial charge is 0.312 e. The molecule has 2 heterocycles. The van der Waals surface area contributed by atoms with Gasteiger partial charge in [-0.1, -0.05) is 24.3 Å². The van der Waals surface area contributed by atoms with Crippen molar-refractivity contribution in [2.24, 2.45) is 0 Å². The number of benzene rings is 4. The molecule has 0 radical (unpaired) electrons. The van der Waals surface area contributed by atoms with Crippen LogP contribution in [0.15, 0.2) is 72.8 Å². The summed E-state index contributed by atoms with van der Waals surface area (Å²) < 4.78 is 31.9. The fraction of sp³-hybridized carbons (Fsp3) is 0.278. The monoisotopic (exact) mass is 628 g/mol. The Hall–Kier alpha value is -5.38. The molecule has 10 nitrogen and oxygen atoms in total. The van der Waals surface area contributed by atoms with Crippen LogP contribution in [0, 0.1) is 0 Å². The molecule has 240 valence electrons. The number of esters is 2. The number of hydrogen-bond donors (Lipinski definition) is 2. The van der Waals surface area contributed by atoms with Crippen molar-refractivity contribution in [2.75, 3.05) is 27.4 Å². The average molecular weight is 629 g/mol. The second kappa shape index (κ2) is 14.2.